The third-order valence-corrected chi connectivity index (χ3v) is 5.34. The number of nitrogen functional groups attached to an aromatic ring is 1. The summed E-state index contributed by atoms with van der Waals surface area (Å²) >= 11 is 5.90. The Labute approximate surface area is 212 Å². The maximum Gasteiger partial charge on any atom is 0.509 e. The third kappa shape index (κ3) is 7.06. The lowest BCUT2D eigenvalue weighted by molar-refractivity contribution is -0.0752. The molecule has 200 valence electrons. The molecular weight excluding hydrogens is 501 g/mol. The molecule has 0 aromatic carbocycles. The average Bonchev–Trinajstić information content (AvgIpc) is 3.32. The van der Waals surface area contributed by atoms with E-state index in [1.165, 1.54) is 10.9 Å². The standard InChI is InChI=1S/C22H31ClFN5O7/c1-5-6-7-8-9-32-20(30)33-10-12-15(35-21(31)36-22(2,3)4)13(24)18(34-12)29-11-26-14-16(25)27-19(23)28-17(14)29/h11-13,15,18H,5-10H2,1-4H3,(H2,25,27,28)/t12-,13+,15-,18-/m1/s1. The van der Waals surface area contributed by atoms with Crippen LogP contribution in [0.4, 0.5) is 19.8 Å². The molecule has 0 saturated carbocycles. The maximum atomic E-state index is 15.6. The van der Waals surface area contributed by atoms with Crippen LogP contribution in [-0.2, 0) is 23.7 Å². The number of unbranched alkanes of at least 4 members (excludes halogenated alkanes) is 3. The topological polar surface area (TPSA) is 150 Å². The molecular formula is C22H31ClFN5O7. The molecule has 36 heavy (non-hydrogen) atoms. The molecule has 1 aliphatic heterocycles. The number of halogens is 2. The van der Waals surface area contributed by atoms with Crippen molar-refractivity contribution in [2.75, 3.05) is 18.9 Å². The summed E-state index contributed by atoms with van der Waals surface area (Å²) in [5.41, 5.74) is 5.25. The van der Waals surface area contributed by atoms with Gasteiger partial charge in [0.05, 0.1) is 12.9 Å². The molecule has 2 aromatic rings. The number of nitrogens with zero attached hydrogens (tertiary/aromatic N) is 4. The van der Waals surface area contributed by atoms with Gasteiger partial charge in [-0.1, -0.05) is 26.2 Å². The van der Waals surface area contributed by atoms with Crippen molar-refractivity contribution in [1.29, 1.82) is 0 Å². The first-order valence-electron chi connectivity index (χ1n) is 11.6. The zero-order valence-corrected chi connectivity index (χ0v) is 21.4. The van der Waals surface area contributed by atoms with Gasteiger partial charge in [0, 0.05) is 0 Å². The smallest absolute Gasteiger partial charge is 0.434 e. The molecule has 12 nitrogen and oxygen atoms in total. The van der Waals surface area contributed by atoms with Gasteiger partial charge in [-0.05, 0) is 38.8 Å². The van der Waals surface area contributed by atoms with E-state index in [1.807, 2.05) is 0 Å². The van der Waals surface area contributed by atoms with Gasteiger partial charge in [-0.2, -0.15) is 9.97 Å². The number of nitrogens with two attached hydrogens (primary N) is 1. The van der Waals surface area contributed by atoms with Crippen molar-refractivity contribution < 1.29 is 37.7 Å². The maximum absolute atomic E-state index is 15.6. The molecule has 1 saturated heterocycles. The minimum atomic E-state index is -1.91. The van der Waals surface area contributed by atoms with E-state index >= 15 is 4.39 Å². The number of aromatic nitrogens is 4. The van der Waals surface area contributed by atoms with Gasteiger partial charge >= 0.3 is 12.3 Å². The van der Waals surface area contributed by atoms with Crippen molar-refractivity contribution in [3.05, 3.63) is 11.6 Å². The fourth-order valence-electron chi connectivity index (χ4n) is 3.55. The van der Waals surface area contributed by atoms with Crippen molar-refractivity contribution >= 4 is 40.9 Å². The monoisotopic (exact) mass is 531 g/mol. The molecule has 0 amide bonds. The number of hydrogen-bond acceptors (Lipinski definition) is 11. The molecule has 0 unspecified atom stereocenters. The molecule has 3 heterocycles. The molecule has 0 spiro atoms. The molecule has 0 aliphatic carbocycles. The van der Waals surface area contributed by atoms with E-state index in [0.29, 0.717) is 6.42 Å². The van der Waals surface area contributed by atoms with Crippen molar-refractivity contribution in [3.63, 3.8) is 0 Å². The second-order valence-corrected chi connectivity index (χ2v) is 9.57. The van der Waals surface area contributed by atoms with Gasteiger partial charge in [-0.3, -0.25) is 4.57 Å². The van der Waals surface area contributed by atoms with Crippen LogP contribution >= 0.6 is 11.6 Å². The SMILES string of the molecule is CCCCCCOC(=O)OC[C@H]1O[C@@H](n2cnc3c(N)nc(Cl)nc32)[C@@H](F)[C@@H]1OC(=O)OC(C)(C)C. The van der Waals surface area contributed by atoms with E-state index in [4.69, 9.17) is 41.0 Å². The molecule has 2 aromatic heterocycles. The van der Waals surface area contributed by atoms with Crippen LogP contribution in [0.5, 0.6) is 0 Å². The van der Waals surface area contributed by atoms with Crippen molar-refractivity contribution in [3.8, 4) is 0 Å². The Morgan fingerprint density at radius 1 is 1.19 bits per heavy atom. The van der Waals surface area contributed by atoms with Crippen LogP contribution < -0.4 is 5.73 Å². The number of imidazole rings is 1. The highest BCUT2D eigenvalue weighted by molar-refractivity contribution is 6.28. The van der Waals surface area contributed by atoms with Crippen LogP contribution in [-0.4, -0.2) is 69.0 Å². The lowest BCUT2D eigenvalue weighted by Gasteiger charge is -2.23. The normalized spacial score (nSPS) is 21.9. The lowest BCUT2D eigenvalue weighted by atomic mass is 10.1. The van der Waals surface area contributed by atoms with E-state index in [9.17, 15) is 9.59 Å². The number of fused-ring (bicyclic) bond motifs is 1. The zero-order chi connectivity index (χ0) is 26.5. The molecule has 1 fully saturated rings. The molecule has 2 N–H and O–H groups in total. The predicted molar refractivity (Wildman–Crippen MR) is 126 cm³/mol. The zero-order valence-electron chi connectivity index (χ0n) is 20.6. The van der Waals surface area contributed by atoms with Gasteiger partial charge in [0.15, 0.2) is 30.0 Å². The number of hydrogen-bond donors (Lipinski definition) is 1. The summed E-state index contributed by atoms with van der Waals surface area (Å²) in [7, 11) is 0. The fraction of sp³-hybridized carbons (Fsp3) is 0.682. The first kappa shape index (κ1) is 27.7. The molecule has 0 radical (unpaired) electrons. The van der Waals surface area contributed by atoms with Gasteiger partial charge in [-0.15, -0.1) is 0 Å². The number of carbonyl (C=O) groups excluding carboxylic acids is 2. The Balaban J connectivity index is 1.74. The Morgan fingerprint density at radius 3 is 2.64 bits per heavy atom. The number of carbonyl (C=O) groups is 2. The molecule has 1 aliphatic rings. The molecule has 14 heteroatoms. The Morgan fingerprint density at radius 2 is 1.94 bits per heavy atom. The van der Waals surface area contributed by atoms with E-state index in [-0.39, 0.29) is 28.9 Å². The Bertz CT molecular complexity index is 1060. The second kappa shape index (κ2) is 11.9. The van der Waals surface area contributed by atoms with Crippen molar-refractivity contribution in [2.24, 2.45) is 0 Å². The minimum absolute atomic E-state index is 0.000255. The van der Waals surface area contributed by atoms with Gasteiger partial charge in [0.2, 0.25) is 5.28 Å². The highest BCUT2D eigenvalue weighted by Gasteiger charge is 2.50. The summed E-state index contributed by atoms with van der Waals surface area (Å²) in [5.74, 6) is 0.000255. The van der Waals surface area contributed by atoms with Gasteiger partial charge in [0.25, 0.3) is 0 Å². The summed E-state index contributed by atoms with van der Waals surface area (Å²) in [5, 5.41) is -0.168. The lowest BCUT2D eigenvalue weighted by Crippen LogP contribution is -2.38. The first-order chi connectivity index (χ1) is 17.0. The number of ether oxygens (including phenoxy) is 5. The summed E-state index contributed by atoms with van der Waals surface area (Å²) < 4.78 is 43.2. The Hall–Kier alpha value is -2.93. The van der Waals surface area contributed by atoms with Crippen LogP contribution in [0.1, 0.15) is 59.6 Å². The van der Waals surface area contributed by atoms with Crippen LogP contribution in [0.15, 0.2) is 6.33 Å². The first-order valence-corrected chi connectivity index (χ1v) is 12.0. The number of anilines is 1. The van der Waals surface area contributed by atoms with E-state index in [1.54, 1.807) is 20.8 Å². The van der Waals surface area contributed by atoms with E-state index in [2.05, 4.69) is 21.9 Å². The van der Waals surface area contributed by atoms with Crippen LogP contribution in [0.3, 0.4) is 0 Å². The molecule has 4 atom stereocenters. The average molecular weight is 532 g/mol. The third-order valence-electron chi connectivity index (χ3n) is 5.17. The second-order valence-electron chi connectivity index (χ2n) is 9.23. The summed E-state index contributed by atoms with van der Waals surface area (Å²) in [6, 6.07) is 0. The number of rotatable bonds is 9. The summed E-state index contributed by atoms with van der Waals surface area (Å²) in [6.07, 6.45) is -3.03. The number of alkyl halides is 1. The van der Waals surface area contributed by atoms with E-state index in [0.717, 1.165) is 19.3 Å². The van der Waals surface area contributed by atoms with Crippen LogP contribution in [0, 0.1) is 0 Å². The molecule has 0 bridgehead atoms. The largest absolute Gasteiger partial charge is 0.509 e. The van der Waals surface area contributed by atoms with Gasteiger partial charge in [0.1, 0.15) is 23.8 Å². The van der Waals surface area contributed by atoms with Crippen LogP contribution in [0.2, 0.25) is 5.28 Å². The Kier molecular flexibility index (Phi) is 9.12. The van der Waals surface area contributed by atoms with Crippen LogP contribution in [0.25, 0.3) is 11.2 Å². The quantitative estimate of drug-likeness (QED) is 0.279. The predicted octanol–water partition coefficient (Wildman–Crippen LogP) is 4.35. The summed E-state index contributed by atoms with van der Waals surface area (Å²) in [6.45, 7) is 6.73. The van der Waals surface area contributed by atoms with Gasteiger partial charge < -0.3 is 29.4 Å². The highest BCUT2D eigenvalue weighted by atomic mass is 35.5. The van der Waals surface area contributed by atoms with Crippen molar-refractivity contribution in [1.82, 2.24) is 19.5 Å². The highest BCUT2D eigenvalue weighted by Crippen LogP contribution is 2.36. The van der Waals surface area contributed by atoms with E-state index < -0.39 is 49.1 Å². The molecule has 3 rings (SSSR count). The van der Waals surface area contributed by atoms with Gasteiger partial charge in [-0.25, -0.2) is 19.0 Å². The van der Waals surface area contributed by atoms with Crippen molar-refractivity contribution in [2.45, 2.75) is 83.6 Å². The summed E-state index contributed by atoms with van der Waals surface area (Å²) in [4.78, 5) is 36.3. The minimum Gasteiger partial charge on any atom is -0.434 e. The fourth-order valence-corrected chi connectivity index (χ4v) is 3.72.